The van der Waals surface area contributed by atoms with Crippen molar-refractivity contribution >= 4 is 11.9 Å². The van der Waals surface area contributed by atoms with E-state index in [4.69, 9.17) is 11.5 Å². The molecule has 1 heterocycles. The number of nitrogens with one attached hydrogen (secondary N) is 1. The number of hydrogen-bond donors (Lipinski definition) is 3. The predicted molar refractivity (Wildman–Crippen MR) is 85.1 cm³/mol. The van der Waals surface area contributed by atoms with Crippen LogP contribution in [0.2, 0.25) is 0 Å². The van der Waals surface area contributed by atoms with E-state index >= 15 is 0 Å². The molecule has 1 aromatic rings. The fourth-order valence-electron chi connectivity index (χ4n) is 2.87. The molecule has 3 amide bonds. The van der Waals surface area contributed by atoms with Crippen molar-refractivity contribution in [2.24, 2.45) is 23.3 Å². The lowest BCUT2D eigenvalue weighted by molar-refractivity contribution is 0.1000. The molecule has 120 valence electrons. The van der Waals surface area contributed by atoms with E-state index in [1.807, 2.05) is 4.90 Å². The Balaban J connectivity index is 1.84. The number of nitrogens with two attached hydrogens (primary N) is 2. The Morgan fingerprint density at radius 2 is 1.95 bits per heavy atom. The molecule has 0 radical (unpaired) electrons. The van der Waals surface area contributed by atoms with E-state index in [0.717, 1.165) is 25.1 Å². The third-order valence-electron chi connectivity index (χ3n) is 4.27. The van der Waals surface area contributed by atoms with Crippen molar-refractivity contribution in [1.29, 1.82) is 0 Å². The van der Waals surface area contributed by atoms with Gasteiger partial charge >= 0.3 is 6.03 Å². The summed E-state index contributed by atoms with van der Waals surface area (Å²) in [6.07, 6.45) is 0.958. The third-order valence-corrected chi connectivity index (χ3v) is 4.27. The smallest absolute Gasteiger partial charge is 0.317 e. The molecule has 1 aliphatic rings. The summed E-state index contributed by atoms with van der Waals surface area (Å²) in [6.45, 7) is 4.80. The van der Waals surface area contributed by atoms with Gasteiger partial charge in [0.05, 0.1) is 0 Å². The number of carbonyl (C=O) groups is 2. The minimum atomic E-state index is -0.451. The van der Waals surface area contributed by atoms with Crippen molar-refractivity contribution in [2.45, 2.75) is 19.9 Å². The molecule has 6 nitrogen and oxygen atoms in total. The molecule has 0 bridgehead atoms. The van der Waals surface area contributed by atoms with E-state index in [0.29, 0.717) is 30.5 Å². The zero-order valence-corrected chi connectivity index (χ0v) is 12.9. The van der Waals surface area contributed by atoms with Gasteiger partial charge in [0.1, 0.15) is 0 Å². The average Bonchev–Trinajstić information content (AvgIpc) is 2.87. The van der Waals surface area contributed by atoms with Gasteiger partial charge in [-0.1, -0.05) is 19.1 Å². The number of carbonyl (C=O) groups excluding carboxylic acids is 2. The molecule has 6 heteroatoms. The summed E-state index contributed by atoms with van der Waals surface area (Å²) in [5.41, 5.74) is 12.2. The van der Waals surface area contributed by atoms with Gasteiger partial charge in [-0.25, -0.2) is 4.79 Å². The maximum atomic E-state index is 12.2. The molecule has 0 aliphatic carbocycles. The molecule has 2 rings (SSSR count). The minimum Gasteiger partial charge on any atom is -0.366 e. The Morgan fingerprint density at radius 1 is 1.27 bits per heavy atom. The lowest BCUT2D eigenvalue weighted by Gasteiger charge is -2.17. The standard InChI is InChI=1S/C16H24N4O2/c1-11-9-20(10-14(11)6-7-17)16(22)19-8-12-2-4-13(5-3-12)15(18)21/h2-5,11,14H,6-10,17H2,1H3,(H2,18,21)(H,19,22)/t11-,14-/m1/s1. The number of amides is 3. The SMILES string of the molecule is C[C@@H]1CN(C(=O)NCc2ccc(C(N)=O)cc2)C[C@H]1CCN. The Hall–Kier alpha value is -2.08. The van der Waals surface area contributed by atoms with E-state index in [-0.39, 0.29) is 6.03 Å². The number of urea groups is 1. The average molecular weight is 304 g/mol. The number of nitrogens with zero attached hydrogens (tertiary/aromatic N) is 1. The van der Waals surface area contributed by atoms with Gasteiger partial charge < -0.3 is 21.7 Å². The molecule has 5 N–H and O–H groups in total. The van der Waals surface area contributed by atoms with Gasteiger partial charge in [-0.3, -0.25) is 4.79 Å². The van der Waals surface area contributed by atoms with Crippen molar-refractivity contribution < 1.29 is 9.59 Å². The topological polar surface area (TPSA) is 101 Å². The molecule has 0 unspecified atom stereocenters. The van der Waals surface area contributed by atoms with E-state index in [2.05, 4.69) is 12.2 Å². The first-order valence-electron chi connectivity index (χ1n) is 7.63. The van der Waals surface area contributed by atoms with Crippen LogP contribution in [0, 0.1) is 11.8 Å². The first kappa shape index (κ1) is 16.3. The van der Waals surface area contributed by atoms with Crippen molar-refractivity contribution in [3.05, 3.63) is 35.4 Å². The highest BCUT2D eigenvalue weighted by Crippen LogP contribution is 2.25. The largest absolute Gasteiger partial charge is 0.366 e. The van der Waals surface area contributed by atoms with Gasteiger partial charge in [-0.15, -0.1) is 0 Å². The van der Waals surface area contributed by atoms with Crippen LogP contribution in [-0.4, -0.2) is 36.5 Å². The maximum Gasteiger partial charge on any atom is 0.317 e. The molecule has 0 aromatic heterocycles. The minimum absolute atomic E-state index is 0.0506. The van der Waals surface area contributed by atoms with Crippen molar-refractivity contribution in [3.63, 3.8) is 0 Å². The highest BCUT2D eigenvalue weighted by atomic mass is 16.2. The predicted octanol–water partition coefficient (Wildman–Crippen LogP) is 0.912. The second-order valence-corrected chi connectivity index (χ2v) is 5.94. The second kappa shape index (κ2) is 7.26. The van der Waals surface area contributed by atoms with Crippen LogP contribution < -0.4 is 16.8 Å². The van der Waals surface area contributed by atoms with Gasteiger partial charge in [-0.2, -0.15) is 0 Å². The fourth-order valence-corrected chi connectivity index (χ4v) is 2.87. The van der Waals surface area contributed by atoms with E-state index in [9.17, 15) is 9.59 Å². The van der Waals surface area contributed by atoms with Gasteiger partial charge in [0, 0.05) is 25.2 Å². The van der Waals surface area contributed by atoms with Gasteiger partial charge in [0.2, 0.25) is 5.91 Å². The molecule has 1 aliphatic heterocycles. The molecule has 2 atom stereocenters. The molecule has 1 aromatic carbocycles. The number of hydrogen-bond acceptors (Lipinski definition) is 3. The molecule has 22 heavy (non-hydrogen) atoms. The van der Waals surface area contributed by atoms with Crippen molar-refractivity contribution in [2.75, 3.05) is 19.6 Å². The van der Waals surface area contributed by atoms with Crippen LogP contribution in [0.3, 0.4) is 0 Å². The van der Waals surface area contributed by atoms with Crippen LogP contribution in [0.15, 0.2) is 24.3 Å². The van der Waals surface area contributed by atoms with Crippen LogP contribution in [0.25, 0.3) is 0 Å². The highest BCUT2D eigenvalue weighted by molar-refractivity contribution is 5.92. The summed E-state index contributed by atoms with van der Waals surface area (Å²) < 4.78 is 0. The highest BCUT2D eigenvalue weighted by Gasteiger charge is 2.31. The molecular formula is C16H24N4O2. The first-order valence-corrected chi connectivity index (χ1v) is 7.63. The van der Waals surface area contributed by atoms with Crippen molar-refractivity contribution in [3.8, 4) is 0 Å². The summed E-state index contributed by atoms with van der Waals surface area (Å²) in [7, 11) is 0. The summed E-state index contributed by atoms with van der Waals surface area (Å²) >= 11 is 0. The first-order chi connectivity index (χ1) is 10.5. The Morgan fingerprint density at radius 3 is 2.55 bits per heavy atom. The normalized spacial score (nSPS) is 20.9. The second-order valence-electron chi connectivity index (χ2n) is 5.94. The van der Waals surface area contributed by atoms with Crippen LogP contribution in [0.1, 0.15) is 29.3 Å². The number of benzene rings is 1. The van der Waals surface area contributed by atoms with Crippen LogP contribution in [0.4, 0.5) is 4.79 Å². The Labute approximate surface area is 130 Å². The molecule has 0 spiro atoms. The summed E-state index contributed by atoms with van der Waals surface area (Å²) in [5.74, 6) is 0.530. The lowest BCUT2D eigenvalue weighted by Crippen LogP contribution is -2.38. The quantitative estimate of drug-likeness (QED) is 0.753. The molecular weight excluding hydrogens is 280 g/mol. The number of primary amides is 1. The molecule has 1 fully saturated rings. The summed E-state index contributed by atoms with van der Waals surface area (Å²) in [4.78, 5) is 25.1. The fraction of sp³-hybridized carbons (Fsp3) is 0.500. The Kier molecular flexibility index (Phi) is 5.38. The van der Waals surface area contributed by atoms with E-state index in [1.165, 1.54) is 0 Å². The zero-order valence-electron chi connectivity index (χ0n) is 12.9. The monoisotopic (exact) mass is 304 g/mol. The lowest BCUT2D eigenvalue weighted by atomic mass is 9.95. The van der Waals surface area contributed by atoms with Gasteiger partial charge in [-0.05, 0) is 42.5 Å². The van der Waals surface area contributed by atoms with Crippen LogP contribution >= 0.6 is 0 Å². The zero-order chi connectivity index (χ0) is 16.1. The van der Waals surface area contributed by atoms with Gasteiger partial charge in [0.25, 0.3) is 0 Å². The molecule has 1 saturated heterocycles. The van der Waals surface area contributed by atoms with E-state index < -0.39 is 5.91 Å². The van der Waals surface area contributed by atoms with Crippen LogP contribution in [0.5, 0.6) is 0 Å². The summed E-state index contributed by atoms with van der Waals surface area (Å²) in [6, 6.07) is 6.87. The van der Waals surface area contributed by atoms with Crippen molar-refractivity contribution in [1.82, 2.24) is 10.2 Å². The summed E-state index contributed by atoms with van der Waals surface area (Å²) in [5, 5.41) is 2.91. The number of rotatable bonds is 5. The van der Waals surface area contributed by atoms with E-state index in [1.54, 1.807) is 24.3 Å². The third kappa shape index (κ3) is 3.98. The maximum absolute atomic E-state index is 12.2. The Bertz CT molecular complexity index is 529. The van der Waals surface area contributed by atoms with Gasteiger partial charge in [0.15, 0.2) is 0 Å². The number of likely N-dealkylation sites (tertiary alicyclic amines) is 1. The molecule has 0 saturated carbocycles. The van der Waals surface area contributed by atoms with Crippen LogP contribution in [-0.2, 0) is 6.54 Å².